The Morgan fingerprint density at radius 1 is 1.32 bits per heavy atom. The zero-order valence-electron chi connectivity index (χ0n) is 10.6. The van der Waals surface area contributed by atoms with E-state index in [-0.39, 0.29) is 0 Å². The van der Waals surface area contributed by atoms with Gasteiger partial charge in [0.15, 0.2) is 0 Å². The molecule has 1 aromatic heterocycles. The number of fused-ring (bicyclic) bond motifs is 4. The highest BCUT2D eigenvalue weighted by molar-refractivity contribution is 8.10. The van der Waals surface area contributed by atoms with Crippen LogP contribution >= 0.6 is 11.8 Å². The normalized spacial score (nSPS) is 16.7. The molecule has 19 heavy (non-hydrogen) atoms. The molecule has 2 heterocycles. The molecule has 4 rings (SSSR count). The Morgan fingerprint density at radius 2 is 2.26 bits per heavy atom. The van der Waals surface area contributed by atoms with Gasteiger partial charge >= 0.3 is 0 Å². The average molecular weight is 267 g/mol. The summed E-state index contributed by atoms with van der Waals surface area (Å²) in [6, 6.07) is 6.20. The minimum atomic E-state index is 0.905. The van der Waals surface area contributed by atoms with E-state index in [0.717, 1.165) is 12.2 Å². The summed E-state index contributed by atoms with van der Waals surface area (Å²) in [5.41, 5.74) is 2.58. The van der Waals surface area contributed by atoms with Crippen molar-refractivity contribution in [3.05, 3.63) is 51.9 Å². The van der Waals surface area contributed by atoms with Gasteiger partial charge < -0.3 is 9.72 Å². The number of aromatic nitrogens is 1. The highest BCUT2D eigenvalue weighted by atomic mass is 32.2. The third-order valence-corrected chi connectivity index (χ3v) is 4.64. The van der Waals surface area contributed by atoms with Crippen molar-refractivity contribution < 1.29 is 4.74 Å². The average Bonchev–Trinajstić information content (AvgIpc) is 2.85. The third-order valence-electron chi connectivity index (χ3n) is 3.65. The molecule has 2 nitrogen and oxygen atoms in total. The predicted octanol–water partition coefficient (Wildman–Crippen LogP) is 2.66. The third kappa shape index (κ3) is 1.58. The lowest BCUT2D eigenvalue weighted by Crippen LogP contribution is -2.28. The summed E-state index contributed by atoms with van der Waals surface area (Å²) in [5, 5.41) is 6.03. The number of hydrogen-bond acceptors (Lipinski definition) is 2. The van der Waals surface area contributed by atoms with Gasteiger partial charge in [-0.2, -0.15) is 0 Å². The highest BCUT2D eigenvalue weighted by Gasteiger charge is 2.15. The second kappa shape index (κ2) is 4.07. The maximum atomic E-state index is 5.33. The van der Waals surface area contributed by atoms with Crippen molar-refractivity contribution in [2.75, 3.05) is 7.11 Å². The van der Waals surface area contributed by atoms with Crippen LogP contribution < -0.4 is 15.3 Å². The molecule has 2 aromatic rings. The number of allylic oxidation sites excluding steroid dienone is 4. The van der Waals surface area contributed by atoms with E-state index in [2.05, 4.69) is 40.8 Å². The summed E-state index contributed by atoms with van der Waals surface area (Å²) >= 11 is 1.81. The Kier molecular flexibility index (Phi) is 2.35. The number of thioether (sulfide) groups is 1. The van der Waals surface area contributed by atoms with Crippen LogP contribution in [0.2, 0.25) is 0 Å². The fourth-order valence-corrected chi connectivity index (χ4v) is 3.65. The molecule has 94 valence electrons. The van der Waals surface area contributed by atoms with E-state index >= 15 is 0 Å². The van der Waals surface area contributed by atoms with Crippen molar-refractivity contribution in [3.63, 3.8) is 0 Å². The molecule has 0 saturated carbocycles. The first-order chi connectivity index (χ1) is 9.36. The molecule has 0 bridgehead atoms. The highest BCUT2D eigenvalue weighted by Crippen LogP contribution is 2.32. The predicted molar refractivity (Wildman–Crippen MR) is 81.4 cm³/mol. The first-order valence-corrected chi connectivity index (χ1v) is 7.18. The Hall–Kier alpha value is -1.87. The smallest absolute Gasteiger partial charge is 0.119 e. The maximum absolute atomic E-state index is 5.33. The van der Waals surface area contributed by atoms with Crippen LogP contribution in [0.1, 0.15) is 6.42 Å². The summed E-state index contributed by atoms with van der Waals surface area (Å²) < 4.78 is 5.33. The van der Waals surface area contributed by atoms with Gasteiger partial charge in [-0.15, -0.1) is 0 Å². The van der Waals surface area contributed by atoms with Crippen LogP contribution in [-0.4, -0.2) is 12.1 Å². The Bertz CT molecular complexity index is 855. The molecule has 1 aromatic carbocycles. The molecule has 0 atom stereocenters. The van der Waals surface area contributed by atoms with Gasteiger partial charge in [0, 0.05) is 21.0 Å². The number of nitrogens with one attached hydrogen (secondary N) is 1. The van der Waals surface area contributed by atoms with Crippen LogP contribution in [0.4, 0.5) is 0 Å². The zero-order valence-corrected chi connectivity index (χ0v) is 11.4. The van der Waals surface area contributed by atoms with E-state index in [9.17, 15) is 0 Å². The SMILES string of the molecule is COc1ccc2[nH]c3c(c2c1)=CSC1=CC=CCC=31. The minimum absolute atomic E-state index is 0.905. The first kappa shape index (κ1) is 11.0. The van der Waals surface area contributed by atoms with Crippen LogP contribution in [0.25, 0.3) is 21.9 Å². The number of aromatic amines is 1. The van der Waals surface area contributed by atoms with Crippen LogP contribution in [0, 0.1) is 0 Å². The van der Waals surface area contributed by atoms with Gasteiger partial charge in [-0.25, -0.2) is 0 Å². The van der Waals surface area contributed by atoms with Crippen LogP contribution in [0.3, 0.4) is 0 Å². The number of benzene rings is 1. The van der Waals surface area contributed by atoms with Gasteiger partial charge in [-0.3, -0.25) is 0 Å². The lowest BCUT2D eigenvalue weighted by molar-refractivity contribution is 0.415. The molecule has 2 aliphatic rings. The van der Waals surface area contributed by atoms with E-state index in [4.69, 9.17) is 4.74 Å². The number of ether oxygens (including phenoxy) is 1. The Labute approximate surface area is 115 Å². The first-order valence-electron chi connectivity index (χ1n) is 6.30. The topological polar surface area (TPSA) is 25.0 Å². The van der Waals surface area contributed by atoms with Gasteiger partial charge in [0.05, 0.1) is 12.5 Å². The number of H-pyrrole nitrogens is 1. The summed E-state index contributed by atoms with van der Waals surface area (Å²) in [4.78, 5) is 4.91. The van der Waals surface area contributed by atoms with Crippen LogP contribution in [0.5, 0.6) is 5.75 Å². The maximum Gasteiger partial charge on any atom is 0.119 e. The van der Waals surface area contributed by atoms with E-state index in [1.54, 1.807) is 7.11 Å². The quantitative estimate of drug-likeness (QED) is 0.859. The molecular formula is C16H13NOS. The molecule has 1 aliphatic carbocycles. The van der Waals surface area contributed by atoms with E-state index in [1.165, 1.54) is 31.9 Å². The fourth-order valence-electron chi connectivity index (χ4n) is 2.68. The molecule has 3 heteroatoms. The van der Waals surface area contributed by atoms with Crippen molar-refractivity contribution in [2.24, 2.45) is 0 Å². The molecule has 0 fully saturated rings. The van der Waals surface area contributed by atoms with Gasteiger partial charge in [0.1, 0.15) is 5.75 Å². The largest absolute Gasteiger partial charge is 0.497 e. The Morgan fingerprint density at radius 3 is 3.16 bits per heavy atom. The van der Waals surface area contributed by atoms with Crippen molar-refractivity contribution in [1.29, 1.82) is 0 Å². The van der Waals surface area contributed by atoms with E-state index < -0.39 is 0 Å². The van der Waals surface area contributed by atoms with Crippen molar-refractivity contribution in [2.45, 2.75) is 6.42 Å². The van der Waals surface area contributed by atoms with Crippen molar-refractivity contribution in [3.8, 4) is 5.75 Å². The second-order valence-corrected chi connectivity index (χ2v) is 5.61. The number of rotatable bonds is 1. The summed E-state index contributed by atoms with van der Waals surface area (Å²) in [6.45, 7) is 0. The number of hydrogen-bond donors (Lipinski definition) is 1. The van der Waals surface area contributed by atoms with Gasteiger partial charge in [0.25, 0.3) is 0 Å². The lowest BCUT2D eigenvalue weighted by Gasteiger charge is -2.13. The van der Waals surface area contributed by atoms with E-state index in [0.29, 0.717) is 0 Å². The molecule has 0 saturated heterocycles. The fraction of sp³-hybridized carbons (Fsp3) is 0.125. The van der Waals surface area contributed by atoms with Crippen LogP contribution in [-0.2, 0) is 0 Å². The van der Waals surface area contributed by atoms with Crippen LogP contribution in [0.15, 0.2) is 41.3 Å². The van der Waals surface area contributed by atoms with Gasteiger partial charge in [0.2, 0.25) is 0 Å². The minimum Gasteiger partial charge on any atom is -0.497 e. The molecule has 0 amide bonds. The molecule has 0 radical (unpaired) electrons. The van der Waals surface area contributed by atoms with Crippen molar-refractivity contribution >= 4 is 33.6 Å². The molecule has 0 unspecified atom stereocenters. The van der Waals surface area contributed by atoms with E-state index in [1.807, 2.05) is 17.8 Å². The molecular weight excluding hydrogens is 254 g/mol. The van der Waals surface area contributed by atoms with Gasteiger partial charge in [-0.1, -0.05) is 23.9 Å². The second-order valence-electron chi connectivity index (χ2n) is 4.70. The Balaban J connectivity index is 2.13. The molecule has 0 spiro atoms. The molecule has 1 N–H and O–H groups in total. The lowest BCUT2D eigenvalue weighted by atomic mass is 10.1. The summed E-state index contributed by atoms with van der Waals surface area (Å²) in [7, 11) is 1.71. The molecule has 1 aliphatic heterocycles. The summed E-state index contributed by atoms with van der Waals surface area (Å²) in [5.74, 6) is 0.905. The van der Waals surface area contributed by atoms with Gasteiger partial charge in [-0.05, 0) is 41.7 Å². The van der Waals surface area contributed by atoms with Crippen molar-refractivity contribution in [1.82, 2.24) is 4.98 Å². The zero-order chi connectivity index (χ0) is 12.8. The monoisotopic (exact) mass is 267 g/mol. The summed E-state index contributed by atoms with van der Waals surface area (Å²) in [6.07, 6.45) is 7.54. The number of methoxy groups -OCH3 is 1. The standard InChI is InChI=1S/C16H13NOS/c1-18-10-6-7-14-12(8-10)13-9-19-15-5-3-2-4-11(15)16(13)17-14/h2-3,5-9,17H,4H2,1H3.